The molecule has 5 nitrogen and oxygen atoms in total. The van der Waals surface area contributed by atoms with Crippen LogP contribution in [-0.2, 0) is 0 Å². The highest BCUT2D eigenvalue weighted by molar-refractivity contribution is 5.47. The first-order valence-electron chi connectivity index (χ1n) is 7.30. The molecule has 0 saturated carbocycles. The van der Waals surface area contributed by atoms with E-state index in [1.54, 1.807) is 6.33 Å². The van der Waals surface area contributed by atoms with Crippen molar-refractivity contribution >= 4 is 11.6 Å². The second-order valence-corrected chi connectivity index (χ2v) is 5.19. The molecule has 5 heteroatoms. The average molecular weight is 263 g/mol. The second-order valence-electron chi connectivity index (χ2n) is 5.19. The molecule has 106 valence electrons. The molecule has 0 spiro atoms. The molecule has 2 N–H and O–H groups in total. The van der Waals surface area contributed by atoms with Crippen molar-refractivity contribution in [3.63, 3.8) is 0 Å². The second kappa shape index (κ2) is 7.28. The van der Waals surface area contributed by atoms with E-state index in [2.05, 4.69) is 39.5 Å². The Bertz CT molecular complexity index is 376. The molecule has 0 bridgehead atoms. The Morgan fingerprint density at radius 1 is 1.47 bits per heavy atom. The summed E-state index contributed by atoms with van der Waals surface area (Å²) >= 11 is 0. The van der Waals surface area contributed by atoms with Crippen LogP contribution in [0.4, 0.5) is 11.6 Å². The van der Waals surface area contributed by atoms with Crippen LogP contribution < -0.4 is 15.5 Å². The Kier molecular flexibility index (Phi) is 5.39. The minimum absolute atomic E-state index is 0.682. The van der Waals surface area contributed by atoms with Gasteiger partial charge < -0.3 is 15.5 Å². The van der Waals surface area contributed by atoms with Crippen molar-refractivity contribution in [1.82, 2.24) is 15.3 Å². The molecular weight excluding hydrogens is 238 g/mol. The SMILES string of the molecule is CCCNc1cc(N(C)CCC2CCCN2)ncn1. The molecule has 0 aromatic carbocycles. The maximum absolute atomic E-state index is 4.35. The molecule has 19 heavy (non-hydrogen) atoms. The largest absolute Gasteiger partial charge is 0.370 e. The van der Waals surface area contributed by atoms with E-state index in [4.69, 9.17) is 0 Å². The van der Waals surface area contributed by atoms with Crippen LogP contribution in [0.5, 0.6) is 0 Å². The Balaban J connectivity index is 1.84. The summed E-state index contributed by atoms with van der Waals surface area (Å²) < 4.78 is 0. The number of nitrogens with one attached hydrogen (secondary N) is 2. The van der Waals surface area contributed by atoms with Gasteiger partial charge in [0, 0.05) is 32.2 Å². The van der Waals surface area contributed by atoms with Crippen molar-refractivity contribution in [2.24, 2.45) is 0 Å². The van der Waals surface area contributed by atoms with Crippen molar-refractivity contribution in [2.45, 2.75) is 38.6 Å². The molecule has 1 atom stereocenters. The fourth-order valence-corrected chi connectivity index (χ4v) is 2.37. The van der Waals surface area contributed by atoms with Crippen LogP contribution in [0.15, 0.2) is 12.4 Å². The van der Waals surface area contributed by atoms with Gasteiger partial charge in [-0.1, -0.05) is 6.92 Å². The van der Waals surface area contributed by atoms with Crippen LogP contribution >= 0.6 is 0 Å². The van der Waals surface area contributed by atoms with Gasteiger partial charge in [0.2, 0.25) is 0 Å². The molecule has 2 heterocycles. The van der Waals surface area contributed by atoms with Gasteiger partial charge in [0.05, 0.1) is 0 Å². The van der Waals surface area contributed by atoms with E-state index >= 15 is 0 Å². The lowest BCUT2D eigenvalue weighted by Gasteiger charge is -2.20. The van der Waals surface area contributed by atoms with Gasteiger partial charge >= 0.3 is 0 Å². The van der Waals surface area contributed by atoms with E-state index in [-0.39, 0.29) is 0 Å². The minimum atomic E-state index is 0.682. The fourth-order valence-electron chi connectivity index (χ4n) is 2.37. The molecule has 1 unspecified atom stereocenters. The lowest BCUT2D eigenvalue weighted by Crippen LogP contribution is -2.28. The predicted octanol–water partition coefficient (Wildman–Crippen LogP) is 1.88. The first-order valence-corrected chi connectivity index (χ1v) is 7.30. The van der Waals surface area contributed by atoms with E-state index < -0.39 is 0 Å². The van der Waals surface area contributed by atoms with Gasteiger partial charge in [-0.05, 0) is 32.2 Å². The summed E-state index contributed by atoms with van der Waals surface area (Å²) in [5.74, 6) is 1.91. The molecule has 0 amide bonds. The zero-order chi connectivity index (χ0) is 13.5. The van der Waals surface area contributed by atoms with Gasteiger partial charge in [-0.2, -0.15) is 0 Å². The number of nitrogens with zero attached hydrogens (tertiary/aromatic N) is 3. The van der Waals surface area contributed by atoms with Gasteiger partial charge in [0.15, 0.2) is 0 Å². The molecule has 1 aromatic rings. The highest BCUT2D eigenvalue weighted by Gasteiger charge is 2.14. The average Bonchev–Trinajstić information content (AvgIpc) is 2.96. The number of hydrogen-bond donors (Lipinski definition) is 2. The van der Waals surface area contributed by atoms with E-state index in [1.807, 2.05) is 6.07 Å². The van der Waals surface area contributed by atoms with Crippen LogP contribution in [0.1, 0.15) is 32.6 Å². The van der Waals surface area contributed by atoms with Crippen LogP contribution in [-0.4, -0.2) is 42.7 Å². The molecule has 1 saturated heterocycles. The van der Waals surface area contributed by atoms with Crippen LogP contribution in [0.25, 0.3) is 0 Å². The summed E-state index contributed by atoms with van der Waals surface area (Å²) in [7, 11) is 2.10. The molecule has 0 radical (unpaired) electrons. The number of rotatable bonds is 7. The quantitative estimate of drug-likeness (QED) is 0.786. The molecule has 1 fully saturated rings. The number of hydrogen-bond acceptors (Lipinski definition) is 5. The Morgan fingerprint density at radius 2 is 2.37 bits per heavy atom. The lowest BCUT2D eigenvalue weighted by molar-refractivity contribution is 0.558. The first kappa shape index (κ1) is 14.1. The van der Waals surface area contributed by atoms with Crippen molar-refractivity contribution in [1.29, 1.82) is 0 Å². The molecular formula is C14H25N5. The highest BCUT2D eigenvalue weighted by atomic mass is 15.2. The topological polar surface area (TPSA) is 53.1 Å². The number of aromatic nitrogens is 2. The molecule has 2 rings (SSSR count). The summed E-state index contributed by atoms with van der Waals surface area (Å²) in [6.45, 7) is 5.30. The zero-order valence-corrected chi connectivity index (χ0v) is 12.0. The molecule has 1 aliphatic heterocycles. The van der Waals surface area contributed by atoms with Crippen LogP contribution in [0.2, 0.25) is 0 Å². The maximum atomic E-state index is 4.35. The maximum Gasteiger partial charge on any atom is 0.133 e. The van der Waals surface area contributed by atoms with Crippen molar-refractivity contribution < 1.29 is 0 Å². The molecule has 0 aliphatic carbocycles. The van der Waals surface area contributed by atoms with E-state index in [0.717, 1.165) is 31.1 Å². The predicted molar refractivity (Wildman–Crippen MR) is 79.7 cm³/mol. The van der Waals surface area contributed by atoms with Crippen molar-refractivity contribution in [3.8, 4) is 0 Å². The Labute approximate surface area is 115 Å². The van der Waals surface area contributed by atoms with Gasteiger partial charge in [-0.3, -0.25) is 0 Å². The fraction of sp³-hybridized carbons (Fsp3) is 0.714. The third kappa shape index (κ3) is 4.35. The van der Waals surface area contributed by atoms with Gasteiger partial charge in [0.25, 0.3) is 0 Å². The van der Waals surface area contributed by atoms with E-state index in [1.165, 1.54) is 25.8 Å². The zero-order valence-electron chi connectivity index (χ0n) is 12.0. The third-order valence-corrected chi connectivity index (χ3v) is 3.58. The van der Waals surface area contributed by atoms with Crippen LogP contribution in [0.3, 0.4) is 0 Å². The lowest BCUT2D eigenvalue weighted by atomic mass is 10.1. The summed E-state index contributed by atoms with van der Waals surface area (Å²) in [5, 5.41) is 6.83. The third-order valence-electron chi connectivity index (χ3n) is 3.58. The monoisotopic (exact) mass is 263 g/mol. The Morgan fingerprint density at radius 3 is 3.11 bits per heavy atom. The first-order chi connectivity index (χ1) is 9.29. The van der Waals surface area contributed by atoms with E-state index in [0.29, 0.717) is 6.04 Å². The van der Waals surface area contributed by atoms with E-state index in [9.17, 15) is 0 Å². The van der Waals surface area contributed by atoms with Gasteiger partial charge in [-0.25, -0.2) is 9.97 Å². The Hall–Kier alpha value is -1.36. The van der Waals surface area contributed by atoms with Gasteiger partial charge in [0.1, 0.15) is 18.0 Å². The summed E-state index contributed by atoms with van der Waals surface area (Å²) in [6, 6.07) is 2.71. The standard InChI is InChI=1S/C14H25N5/c1-3-7-16-13-10-14(18-11-17-13)19(2)9-6-12-5-4-8-15-12/h10-12,15H,3-9H2,1-2H3,(H,16,17,18). The summed E-state index contributed by atoms with van der Waals surface area (Å²) in [6.07, 6.45) is 6.53. The van der Waals surface area contributed by atoms with Crippen molar-refractivity contribution in [2.75, 3.05) is 36.9 Å². The smallest absolute Gasteiger partial charge is 0.133 e. The summed E-state index contributed by atoms with van der Waals surface area (Å²) in [4.78, 5) is 10.8. The summed E-state index contributed by atoms with van der Waals surface area (Å²) in [5.41, 5.74) is 0. The van der Waals surface area contributed by atoms with Gasteiger partial charge in [-0.15, -0.1) is 0 Å². The number of anilines is 2. The normalized spacial score (nSPS) is 18.5. The van der Waals surface area contributed by atoms with Crippen molar-refractivity contribution in [3.05, 3.63) is 12.4 Å². The molecule has 1 aromatic heterocycles. The molecule has 1 aliphatic rings. The highest BCUT2D eigenvalue weighted by Crippen LogP contribution is 2.15. The minimum Gasteiger partial charge on any atom is -0.370 e. The van der Waals surface area contributed by atoms with Crippen LogP contribution in [0, 0.1) is 0 Å².